The molecule has 0 unspecified atom stereocenters. The SMILES string of the molecule is NC1=NC[C@@H](CC(=O)C(=O)O)N1. The van der Waals surface area contributed by atoms with Crippen LogP contribution in [0.25, 0.3) is 0 Å². The number of nitrogens with one attached hydrogen (secondary N) is 1. The van der Waals surface area contributed by atoms with Crippen LogP contribution in [0.2, 0.25) is 0 Å². The molecule has 0 aromatic heterocycles. The van der Waals surface area contributed by atoms with E-state index in [-0.39, 0.29) is 18.4 Å². The summed E-state index contributed by atoms with van der Waals surface area (Å²) in [7, 11) is 0. The van der Waals surface area contributed by atoms with Crippen molar-refractivity contribution in [3.8, 4) is 0 Å². The summed E-state index contributed by atoms with van der Waals surface area (Å²) in [6, 6.07) is -0.256. The number of Topliss-reactive ketones (excluding diaryl/α,β-unsaturated/α-hetero) is 1. The van der Waals surface area contributed by atoms with Gasteiger partial charge in [0.05, 0.1) is 12.6 Å². The fraction of sp³-hybridized carbons (Fsp3) is 0.500. The van der Waals surface area contributed by atoms with Crippen molar-refractivity contribution in [3.05, 3.63) is 0 Å². The molecule has 0 aromatic rings. The summed E-state index contributed by atoms with van der Waals surface area (Å²) in [6.45, 7) is 0.366. The predicted octanol–water partition coefficient (Wildman–Crippen LogP) is -1.68. The van der Waals surface area contributed by atoms with Crippen molar-refractivity contribution in [3.63, 3.8) is 0 Å². The molecule has 0 saturated heterocycles. The number of guanidine groups is 1. The number of carbonyl (C=O) groups is 2. The normalized spacial score (nSPS) is 21.3. The highest BCUT2D eigenvalue weighted by molar-refractivity contribution is 6.32. The Morgan fingerprint density at radius 3 is 2.83 bits per heavy atom. The molecule has 4 N–H and O–H groups in total. The number of carbonyl (C=O) groups excluding carboxylic acids is 1. The van der Waals surface area contributed by atoms with Crippen molar-refractivity contribution >= 4 is 17.7 Å². The predicted molar refractivity (Wildman–Crippen MR) is 40.7 cm³/mol. The lowest BCUT2D eigenvalue weighted by atomic mass is 10.1. The number of rotatable bonds is 3. The van der Waals surface area contributed by atoms with Crippen LogP contribution in [-0.2, 0) is 9.59 Å². The third kappa shape index (κ3) is 1.94. The average molecular weight is 171 g/mol. The lowest BCUT2D eigenvalue weighted by Gasteiger charge is -2.06. The number of hydrogen-bond donors (Lipinski definition) is 3. The van der Waals surface area contributed by atoms with Gasteiger partial charge in [0.25, 0.3) is 0 Å². The van der Waals surface area contributed by atoms with E-state index in [9.17, 15) is 9.59 Å². The van der Waals surface area contributed by atoms with Crippen LogP contribution in [0.15, 0.2) is 4.99 Å². The van der Waals surface area contributed by atoms with Crippen molar-refractivity contribution in [1.82, 2.24) is 5.32 Å². The van der Waals surface area contributed by atoms with E-state index in [0.717, 1.165) is 0 Å². The molecule has 1 rings (SSSR count). The Hall–Kier alpha value is -1.59. The lowest BCUT2D eigenvalue weighted by molar-refractivity contribution is -0.149. The van der Waals surface area contributed by atoms with Crippen LogP contribution in [0.5, 0.6) is 0 Å². The maximum absolute atomic E-state index is 10.7. The Kier molecular flexibility index (Phi) is 2.27. The number of carboxylic acids is 1. The minimum atomic E-state index is -1.41. The molecule has 1 atom stereocenters. The molecule has 6 nitrogen and oxygen atoms in total. The monoisotopic (exact) mass is 171 g/mol. The van der Waals surface area contributed by atoms with E-state index in [4.69, 9.17) is 10.8 Å². The molecule has 0 spiro atoms. The van der Waals surface area contributed by atoms with Gasteiger partial charge in [0.15, 0.2) is 5.96 Å². The van der Waals surface area contributed by atoms with E-state index in [1.165, 1.54) is 0 Å². The van der Waals surface area contributed by atoms with E-state index in [0.29, 0.717) is 6.54 Å². The molecule has 0 saturated carbocycles. The first-order chi connectivity index (χ1) is 5.59. The zero-order valence-electron chi connectivity index (χ0n) is 6.28. The molecule has 0 aromatic carbocycles. The van der Waals surface area contributed by atoms with Crippen LogP contribution >= 0.6 is 0 Å². The first kappa shape index (κ1) is 8.51. The van der Waals surface area contributed by atoms with Gasteiger partial charge in [0.1, 0.15) is 0 Å². The summed E-state index contributed by atoms with van der Waals surface area (Å²) in [4.78, 5) is 24.6. The first-order valence-electron chi connectivity index (χ1n) is 3.42. The second kappa shape index (κ2) is 3.21. The van der Waals surface area contributed by atoms with Gasteiger partial charge >= 0.3 is 5.97 Å². The summed E-state index contributed by atoms with van der Waals surface area (Å²) in [5.74, 6) is -1.97. The fourth-order valence-corrected chi connectivity index (χ4v) is 0.936. The van der Waals surface area contributed by atoms with Crippen LogP contribution in [0.1, 0.15) is 6.42 Å². The van der Waals surface area contributed by atoms with Crippen LogP contribution in [0.4, 0.5) is 0 Å². The van der Waals surface area contributed by atoms with Crippen LogP contribution in [-0.4, -0.2) is 35.4 Å². The van der Waals surface area contributed by atoms with E-state index in [1.54, 1.807) is 0 Å². The molecule has 1 aliphatic rings. The van der Waals surface area contributed by atoms with Crippen LogP contribution in [0, 0.1) is 0 Å². The molecule has 0 aliphatic carbocycles. The van der Waals surface area contributed by atoms with Gasteiger partial charge in [0, 0.05) is 6.42 Å². The van der Waals surface area contributed by atoms with Gasteiger partial charge in [-0.05, 0) is 0 Å². The highest BCUT2D eigenvalue weighted by Gasteiger charge is 2.22. The van der Waals surface area contributed by atoms with Crippen LogP contribution < -0.4 is 11.1 Å². The van der Waals surface area contributed by atoms with Gasteiger partial charge in [0.2, 0.25) is 5.78 Å². The maximum atomic E-state index is 10.7. The molecule has 0 amide bonds. The minimum Gasteiger partial charge on any atom is -0.476 e. The van der Waals surface area contributed by atoms with Crippen molar-refractivity contribution in [2.24, 2.45) is 10.7 Å². The molecule has 0 bridgehead atoms. The molecule has 0 fully saturated rings. The van der Waals surface area contributed by atoms with Gasteiger partial charge in [-0.2, -0.15) is 0 Å². The topological polar surface area (TPSA) is 105 Å². The number of hydrogen-bond acceptors (Lipinski definition) is 5. The lowest BCUT2D eigenvalue weighted by Crippen LogP contribution is -2.37. The fourth-order valence-electron chi connectivity index (χ4n) is 0.936. The zero-order valence-corrected chi connectivity index (χ0v) is 6.28. The Labute approximate surface area is 68.5 Å². The molecule has 66 valence electrons. The van der Waals surface area contributed by atoms with Gasteiger partial charge < -0.3 is 16.2 Å². The quantitative estimate of drug-likeness (QED) is 0.440. The van der Waals surface area contributed by atoms with Crippen molar-refractivity contribution in [1.29, 1.82) is 0 Å². The van der Waals surface area contributed by atoms with Gasteiger partial charge in [-0.1, -0.05) is 0 Å². The highest BCUT2D eigenvalue weighted by Crippen LogP contribution is 1.99. The second-order valence-corrected chi connectivity index (χ2v) is 2.50. The van der Waals surface area contributed by atoms with Crippen molar-refractivity contribution < 1.29 is 14.7 Å². The Morgan fingerprint density at radius 2 is 2.42 bits per heavy atom. The second-order valence-electron chi connectivity index (χ2n) is 2.50. The van der Waals surface area contributed by atoms with E-state index in [1.807, 2.05) is 0 Å². The minimum absolute atomic E-state index is 0.0699. The number of ketones is 1. The standard InChI is InChI=1S/C6H9N3O3/c7-6-8-2-3(9-6)1-4(10)5(11)12/h3H,1-2H2,(H,11,12)(H3,7,8,9)/t3-/m1/s1. The maximum Gasteiger partial charge on any atom is 0.372 e. The molecule has 1 heterocycles. The molecular weight excluding hydrogens is 162 g/mol. The Balaban J connectivity index is 2.35. The van der Waals surface area contributed by atoms with Crippen LogP contribution in [0.3, 0.4) is 0 Å². The number of carboxylic acid groups (broad SMARTS) is 1. The summed E-state index contributed by atoms with van der Waals surface area (Å²) in [5.41, 5.74) is 5.26. The third-order valence-corrected chi connectivity index (χ3v) is 1.50. The molecule has 12 heavy (non-hydrogen) atoms. The van der Waals surface area contributed by atoms with Gasteiger partial charge in [-0.25, -0.2) is 4.79 Å². The Bertz CT molecular complexity index is 248. The van der Waals surface area contributed by atoms with E-state index >= 15 is 0 Å². The van der Waals surface area contributed by atoms with Gasteiger partial charge in [-0.15, -0.1) is 0 Å². The zero-order chi connectivity index (χ0) is 9.14. The summed E-state index contributed by atoms with van der Waals surface area (Å²) < 4.78 is 0. The van der Waals surface area contributed by atoms with Crippen molar-refractivity contribution in [2.45, 2.75) is 12.5 Å². The number of nitrogens with two attached hydrogens (primary N) is 1. The third-order valence-electron chi connectivity index (χ3n) is 1.50. The molecule has 6 heteroatoms. The smallest absolute Gasteiger partial charge is 0.372 e. The molecule has 0 radical (unpaired) electrons. The highest BCUT2D eigenvalue weighted by atomic mass is 16.4. The largest absolute Gasteiger partial charge is 0.476 e. The molecule has 1 aliphatic heterocycles. The first-order valence-corrected chi connectivity index (χ1v) is 3.42. The molecular formula is C6H9N3O3. The van der Waals surface area contributed by atoms with E-state index < -0.39 is 11.8 Å². The van der Waals surface area contributed by atoms with Gasteiger partial charge in [-0.3, -0.25) is 9.79 Å². The van der Waals surface area contributed by atoms with Crippen molar-refractivity contribution in [2.75, 3.05) is 6.54 Å². The number of aliphatic imine (C=N–C) groups is 1. The average Bonchev–Trinajstić information content (AvgIpc) is 2.35. The summed E-state index contributed by atoms with van der Waals surface area (Å²) >= 11 is 0. The summed E-state index contributed by atoms with van der Waals surface area (Å²) in [5, 5.41) is 10.9. The van der Waals surface area contributed by atoms with E-state index in [2.05, 4.69) is 10.3 Å². The number of aliphatic carboxylic acids is 1. The number of nitrogens with zero attached hydrogens (tertiary/aromatic N) is 1. The Morgan fingerprint density at radius 1 is 1.75 bits per heavy atom. The summed E-state index contributed by atoms with van der Waals surface area (Å²) in [6.07, 6.45) is -0.0699.